The van der Waals surface area contributed by atoms with Gasteiger partial charge >= 0.3 is 5.97 Å². The Kier molecular flexibility index (Phi) is 2.17. The van der Waals surface area contributed by atoms with Crippen molar-refractivity contribution in [3.63, 3.8) is 0 Å². The minimum absolute atomic E-state index is 0.223. The van der Waals surface area contributed by atoms with Crippen molar-refractivity contribution in [2.75, 3.05) is 0 Å². The summed E-state index contributed by atoms with van der Waals surface area (Å²) >= 11 is 0. The maximum atomic E-state index is 10.6. The molecule has 0 aliphatic rings. The van der Waals surface area contributed by atoms with Gasteiger partial charge in [0.25, 0.3) is 0 Å². The zero-order chi connectivity index (χ0) is 11.0. The predicted molar refractivity (Wildman–Crippen MR) is 51.3 cm³/mol. The number of aliphatic carboxylic acids is 1. The zero-order valence-electron chi connectivity index (χ0n) is 7.97. The number of aromatic nitrogens is 1. The Balaban J connectivity index is 2.64. The molecule has 1 aromatic heterocycles. The summed E-state index contributed by atoms with van der Waals surface area (Å²) < 4.78 is 5.24. The molecule has 2 rings (SSSR count). The Morgan fingerprint density at radius 3 is 2.93 bits per heavy atom. The molecule has 1 aromatic carbocycles. The van der Waals surface area contributed by atoms with E-state index in [9.17, 15) is 9.90 Å². The molecular formula is C10H9NO4. The van der Waals surface area contributed by atoms with Crippen LogP contribution in [0.5, 0.6) is 0 Å². The van der Waals surface area contributed by atoms with E-state index in [1.807, 2.05) is 0 Å². The van der Waals surface area contributed by atoms with E-state index in [2.05, 4.69) is 4.98 Å². The molecule has 0 fully saturated rings. The van der Waals surface area contributed by atoms with E-state index in [4.69, 9.17) is 9.52 Å². The van der Waals surface area contributed by atoms with Crippen molar-refractivity contribution < 1.29 is 19.4 Å². The summed E-state index contributed by atoms with van der Waals surface area (Å²) in [6, 6.07) is 4.83. The average molecular weight is 207 g/mol. The SMILES string of the molecule is Cc1nc2cccc(C(O)C(=O)O)c2o1. The summed E-state index contributed by atoms with van der Waals surface area (Å²) in [5, 5.41) is 18.1. The van der Waals surface area contributed by atoms with Gasteiger partial charge < -0.3 is 14.6 Å². The van der Waals surface area contributed by atoms with E-state index < -0.39 is 12.1 Å². The second-order valence-corrected chi connectivity index (χ2v) is 3.17. The van der Waals surface area contributed by atoms with Crippen molar-refractivity contribution in [3.05, 3.63) is 29.7 Å². The Morgan fingerprint density at radius 2 is 2.27 bits per heavy atom. The largest absolute Gasteiger partial charge is 0.479 e. The fraction of sp³-hybridized carbons (Fsp3) is 0.200. The number of aryl methyl sites for hydroxylation is 1. The fourth-order valence-corrected chi connectivity index (χ4v) is 1.43. The van der Waals surface area contributed by atoms with E-state index in [1.165, 1.54) is 6.07 Å². The van der Waals surface area contributed by atoms with E-state index in [0.717, 1.165) is 0 Å². The monoisotopic (exact) mass is 207 g/mol. The third-order valence-electron chi connectivity index (χ3n) is 2.08. The van der Waals surface area contributed by atoms with Gasteiger partial charge in [-0.2, -0.15) is 0 Å². The van der Waals surface area contributed by atoms with Gasteiger partial charge in [0.05, 0.1) is 0 Å². The minimum atomic E-state index is -1.58. The Hall–Kier alpha value is -1.88. The molecule has 0 saturated carbocycles. The minimum Gasteiger partial charge on any atom is -0.479 e. The normalized spacial score (nSPS) is 12.9. The smallest absolute Gasteiger partial charge is 0.337 e. The molecule has 15 heavy (non-hydrogen) atoms. The van der Waals surface area contributed by atoms with E-state index in [-0.39, 0.29) is 5.56 Å². The number of carboxylic acids is 1. The molecule has 0 aliphatic carbocycles. The highest BCUT2D eigenvalue weighted by molar-refractivity contribution is 5.83. The van der Waals surface area contributed by atoms with Gasteiger partial charge in [-0.25, -0.2) is 9.78 Å². The lowest BCUT2D eigenvalue weighted by Crippen LogP contribution is -2.10. The van der Waals surface area contributed by atoms with E-state index >= 15 is 0 Å². The number of oxazole rings is 1. The Labute approximate surface area is 85.0 Å². The van der Waals surface area contributed by atoms with Crippen LogP contribution in [0.15, 0.2) is 22.6 Å². The summed E-state index contributed by atoms with van der Waals surface area (Å²) in [5.41, 5.74) is 1.09. The van der Waals surface area contributed by atoms with Crippen LogP contribution in [0.4, 0.5) is 0 Å². The number of aliphatic hydroxyl groups excluding tert-OH is 1. The number of benzene rings is 1. The van der Waals surface area contributed by atoms with Gasteiger partial charge in [-0.1, -0.05) is 12.1 Å². The van der Waals surface area contributed by atoms with Crippen molar-refractivity contribution in [2.45, 2.75) is 13.0 Å². The lowest BCUT2D eigenvalue weighted by Gasteiger charge is -2.04. The molecule has 78 valence electrons. The molecule has 5 heteroatoms. The van der Waals surface area contributed by atoms with Crippen LogP contribution in [0.3, 0.4) is 0 Å². The zero-order valence-corrected chi connectivity index (χ0v) is 7.97. The molecule has 1 unspecified atom stereocenters. The lowest BCUT2D eigenvalue weighted by molar-refractivity contribution is -0.146. The summed E-state index contributed by atoms with van der Waals surface area (Å²) in [5.74, 6) is -0.869. The predicted octanol–water partition coefficient (Wildman–Crippen LogP) is 1.25. The number of hydrogen-bond acceptors (Lipinski definition) is 4. The lowest BCUT2D eigenvalue weighted by atomic mass is 10.1. The first-order valence-corrected chi connectivity index (χ1v) is 4.36. The highest BCUT2D eigenvalue weighted by Gasteiger charge is 2.20. The molecule has 0 bridgehead atoms. The van der Waals surface area contributed by atoms with Gasteiger partial charge in [0.1, 0.15) is 5.52 Å². The second-order valence-electron chi connectivity index (χ2n) is 3.17. The molecule has 2 aromatic rings. The Bertz CT molecular complexity index is 517. The molecular weight excluding hydrogens is 198 g/mol. The van der Waals surface area contributed by atoms with Crippen LogP contribution in [-0.2, 0) is 4.79 Å². The maximum absolute atomic E-state index is 10.6. The standard InChI is InChI=1S/C10H9NO4/c1-5-11-7-4-2-3-6(9(7)15-5)8(12)10(13)14/h2-4,8,12H,1H3,(H,13,14). The molecule has 0 saturated heterocycles. The third kappa shape index (κ3) is 1.57. The molecule has 5 nitrogen and oxygen atoms in total. The summed E-state index contributed by atoms with van der Waals surface area (Å²) in [6.07, 6.45) is -1.58. The molecule has 0 amide bonds. The van der Waals surface area contributed by atoms with E-state index in [1.54, 1.807) is 19.1 Å². The second kappa shape index (κ2) is 3.36. The summed E-state index contributed by atoms with van der Waals surface area (Å²) in [4.78, 5) is 14.7. The van der Waals surface area contributed by atoms with Gasteiger partial charge in [-0.05, 0) is 6.07 Å². The first kappa shape index (κ1) is 9.67. The van der Waals surface area contributed by atoms with Crippen LogP contribution >= 0.6 is 0 Å². The van der Waals surface area contributed by atoms with Gasteiger partial charge in [-0.3, -0.25) is 0 Å². The maximum Gasteiger partial charge on any atom is 0.337 e. The van der Waals surface area contributed by atoms with Crippen LogP contribution in [0.2, 0.25) is 0 Å². The summed E-state index contributed by atoms with van der Waals surface area (Å²) in [6.45, 7) is 1.66. The van der Waals surface area contributed by atoms with E-state index in [0.29, 0.717) is 17.0 Å². The molecule has 1 atom stereocenters. The highest BCUT2D eigenvalue weighted by atomic mass is 16.4. The van der Waals surface area contributed by atoms with Crippen LogP contribution < -0.4 is 0 Å². The number of carboxylic acid groups (broad SMARTS) is 1. The van der Waals surface area contributed by atoms with Gasteiger partial charge in [0.15, 0.2) is 17.6 Å². The molecule has 0 aliphatic heterocycles. The van der Waals surface area contributed by atoms with Crippen molar-refractivity contribution in [1.82, 2.24) is 4.98 Å². The number of hydrogen-bond donors (Lipinski definition) is 2. The van der Waals surface area contributed by atoms with Crippen molar-refractivity contribution in [3.8, 4) is 0 Å². The number of carbonyl (C=O) groups is 1. The first-order valence-electron chi connectivity index (χ1n) is 4.36. The van der Waals surface area contributed by atoms with Crippen molar-refractivity contribution in [2.24, 2.45) is 0 Å². The quantitative estimate of drug-likeness (QED) is 0.774. The molecule has 1 heterocycles. The van der Waals surface area contributed by atoms with Crippen LogP contribution in [-0.4, -0.2) is 21.2 Å². The molecule has 0 spiro atoms. The fourth-order valence-electron chi connectivity index (χ4n) is 1.43. The highest BCUT2D eigenvalue weighted by Crippen LogP contribution is 2.25. The average Bonchev–Trinajstić information content (AvgIpc) is 2.56. The first-order chi connectivity index (χ1) is 7.09. The summed E-state index contributed by atoms with van der Waals surface area (Å²) in [7, 11) is 0. The number of aliphatic hydroxyl groups is 1. The van der Waals surface area contributed by atoms with Crippen LogP contribution in [0.25, 0.3) is 11.1 Å². The Morgan fingerprint density at radius 1 is 1.53 bits per heavy atom. The van der Waals surface area contributed by atoms with Gasteiger partial charge in [0.2, 0.25) is 0 Å². The molecule has 2 N–H and O–H groups in total. The number of para-hydroxylation sites is 1. The molecule has 0 radical (unpaired) electrons. The van der Waals surface area contributed by atoms with Crippen molar-refractivity contribution in [1.29, 1.82) is 0 Å². The van der Waals surface area contributed by atoms with Gasteiger partial charge in [-0.15, -0.1) is 0 Å². The number of nitrogens with zero attached hydrogens (tertiary/aromatic N) is 1. The number of fused-ring (bicyclic) bond motifs is 1. The van der Waals surface area contributed by atoms with Gasteiger partial charge in [0, 0.05) is 12.5 Å². The van der Waals surface area contributed by atoms with Crippen molar-refractivity contribution >= 4 is 17.1 Å². The number of rotatable bonds is 2. The topological polar surface area (TPSA) is 83.6 Å². The van der Waals surface area contributed by atoms with Crippen LogP contribution in [0, 0.1) is 6.92 Å². The third-order valence-corrected chi connectivity index (χ3v) is 2.08. The van der Waals surface area contributed by atoms with Crippen LogP contribution in [0.1, 0.15) is 17.6 Å².